The monoisotopic (exact) mass is 345 g/mol. The third-order valence-electron chi connectivity index (χ3n) is 6.41. The Hall–Kier alpha value is -1.43. The molecule has 0 radical (unpaired) electrons. The van der Waals surface area contributed by atoms with E-state index in [-0.39, 0.29) is 5.91 Å². The van der Waals surface area contributed by atoms with E-state index >= 15 is 0 Å². The molecule has 3 aliphatic rings. The standard InChI is InChI=1S/C19H31N5O/c1-15(25)23-10-5-6-16(14-23)19-21-20-18-9-11-22(12-13-24(18)19)17-7-3-2-4-8-17/h16-17H,2-14H2,1H3/t16-/m0/s1. The molecule has 2 fully saturated rings. The van der Waals surface area contributed by atoms with Gasteiger partial charge in [-0.3, -0.25) is 9.69 Å². The molecule has 4 rings (SSSR count). The molecule has 1 saturated heterocycles. The van der Waals surface area contributed by atoms with Crippen molar-refractivity contribution in [3.05, 3.63) is 11.6 Å². The number of amides is 1. The van der Waals surface area contributed by atoms with Crippen LogP contribution in [0, 0.1) is 0 Å². The van der Waals surface area contributed by atoms with Crippen LogP contribution in [0.15, 0.2) is 0 Å². The lowest BCUT2D eigenvalue weighted by Gasteiger charge is -2.33. The zero-order valence-electron chi connectivity index (χ0n) is 15.5. The number of fused-ring (bicyclic) bond motifs is 1. The maximum absolute atomic E-state index is 11.8. The Balaban J connectivity index is 1.46. The van der Waals surface area contributed by atoms with Crippen molar-refractivity contribution in [2.24, 2.45) is 0 Å². The van der Waals surface area contributed by atoms with Crippen LogP contribution < -0.4 is 0 Å². The lowest BCUT2D eigenvalue weighted by molar-refractivity contribution is -0.130. The molecule has 0 N–H and O–H groups in total. The van der Waals surface area contributed by atoms with Gasteiger partial charge in [0.1, 0.15) is 11.6 Å². The fourth-order valence-corrected chi connectivity index (χ4v) is 4.95. The van der Waals surface area contributed by atoms with E-state index in [1.165, 1.54) is 32.1 Å². The molecule has 25 heavy (non-hydrogen) atoms. The smallest absolute Gasteiger partial charge is 0.219 e. The van der Waals surface area contributed by atoms with Gasteiger partial charge in [-0.05, 0) is 25.7 Å². The Kier molecular flexibility index (Phi) is 5.06. The number of hydrogen-bond donors (Lipinski definition) is 0. The van der Waals surface area contributed by atoms with Crippen LogP contribution in [0.3, 0.4) is 0 Å². The zero-order valence-corrected chi connectivity index (χ0v) is 15.5. The summed E-state index contributed by atoms with van der Waals surface area (Å²) in [5.41, 5.74) is 0. The number of carbonyl (C=O) groups is 1. The predicted molar refractivity (Wildman–Crippen MR) is 96.4 cm³/mol. The van der Waals surface area contributed by atoms with Gasteiger partial charge < -0.3 is 9.47 Å². The summed E-state index contributed by atoms with van der Waals surface area (Å²) < 4.78 is 2.37. The first-order chi connectivity index (χ1) is 12.2. The number of rotatable bonds is 2. The molecule has 1 atom stereocenters. The normalized spacial score (nSPS) is 26.3. The lowest BCUT2D eigenvalue weighted by atomic mass is 9.94. The van der Waals surface area contributed by atoms with Gasteiger partial charge in [0.25, 0.3) is 0 Å². The Morgan fingerprint density at radius 3 is 2.60 bits per heavy atom. The van der Waals surface area contributed by atoms with E-state index in [1.807, 2.05) is 4.90 Å². The molecule has 0 bridgehead atoms. The average molecular weight is 345 g/mol. The minimum Gasteiger partial charge on any atom is -0.342 e. The molecule has 6 nitrogen and oxygen atoms in total. The maximum Gasteiger partial charge on any atom is 0.219 e. The van der Waals surface area contributed by atoms with Crippen LogP contribution in [-0.2, 0) is 17.8 Å². The van der Waals surface area contributed by atoms with Crippen molar-refractivity contribution in [3.8, 4) is 0 Å². The molecule has 0 unspecified atom stereocenters. The zero-order chi connectivity index (χ0) is 17.2. The summed E-state index contributed by atoms with van der Waals surface area (Å²) in [4.78, 5) is 16.4. The van der Waals surface area contributed by atoms with Gasteiger partial charge >= 0.3 is 0 Å². The summed E-state index contributed by atoms with van der Waals surface area (Å²) in [5.74, 6) is 2.80. The Bertz CT molecular complexity index is 607. The second-order valence-electron chi connectivity index (χ2n) is 8.01. The second-order valence-corrected chi connectivity index (χ2v) is 8.01. The van der Waals surface area contributed by atoms with Gasteiger partial charge in [0.2, 0.25) is 5.91 Å². The number of carbonyl (C=O) groups excluding carboxylic acids is 1. The van der Waals surface area contributed by atoms with Crippen LogP contribution in [0.25, 0.3) is 0 Å². The molecule has 2 aliphatic heterocycles. The second kappa shape index (κ2) is 7.44. The highest BCUT2D eigenvalue weighted by atomic mass is 16.2. The highest BCUT2D eigenvalue weighted by Gasteiger charge is 2.30. The fraction of sp³-hybridized carbons (Fsp3) is 0.842. The van der Waals surface area contributed by atoms with E-state index < -0.39 is 0 Å². The molecule has 0 aromatic carbocycles. The molecule has 1 amide bonds. The van der Waals surface area contributed by atoms with E-state index in [0.29, 0.717) is 5.92 Å². The van der Waals surface area contributed by atoms with Crippen LogP contribution in [0.2, 0.25) is 0 Å². The molecule has 1 aromatic rings. The SMILES string of the molecule is CC(=O)N1CCC[C@H](c2nnc3n2CCN(C2CCCCC2)CC3)C1. The fourth-order valence-electron chi connectivity index (χ4n) is 4.95. The lowest BCUT2D eigenvalue weighted by Crippen LogP contribution is -2.39. The summed E-state index contributed by atoms with van der Waals surface area (Å²) in [6.45, 7) is 6.61. The Morgan fingerprint density at radius 2 is 1.80 bits per heavy atom. The minimum atomic E-state index is 0.184. The van der Waals surface area contributed by atoms with Crippen molar-refractivity contribution in [2.45, 2.75) is 76.8 Å². The van der Waals surface area contributed by atoms with Gasteiger partial charge in [0, 0.05) is 58.0 Å². The summed E-state index contributed by atoms with van der Waals surface area (Å²) in [6, 6.07) is 0.776. The largest absolute Gasteiger partial charge is 0.342 e. The first kappa shape index (κ1) is 17.0. The van der Waals surface area contributed by atoms with E-state index in [4.69, 9.17) is 0 Å². The van der Waals surface area contributed by atoms with Crippen molar-refractivity contribution in [1.29, 1.82) is 0 Å². The molecule has 138 valence electrons. The minimum absolute atomic E-state index is 0.184. The number of hydrogen-bond acceptors (Lipinski definition) is 4. The van der Waals surface area contributed by atoms with Crippen molar-refractivity contribution in [2.75, 3.05) is 26.2 Å². The summed E-state index contributed by atoms with van der Waals surface area (Å²) in [6.07, 6.45) is 10.1. The molecular formula is C19H31N5O. The first-order valence-corrected chi connectivity index (χ1v) is 10.1. The van der Waals surface area contributed by atoms with Gasteiger partial charge in [-0.25, -0.2) is 0 Å². The van der Waals surface area contributed by atoms with Gasteiger partial charge in [-0.15, -0.1) is 10.2 Å². The van der Waals surface area contributed by atoms with E-state index in [0.717, 1.165) is 69.7 Å². The van der Waals surface area contributed by atoms with Crippen molar-refractivity contribution in [3.63, 3.8) is 0 Å². The number of nitrogens with zero attached hydrogens (tertiary/aromatic N) is 5. The van der Waals surface area contributed by atoms with Crippen LogP contribution in [0.5, 0.6) is 0 Å². The highest BCUT2D eigenvalue weighted by molar-refractivity contribution is 5.73. The molecule has 3 heterocycles. The number of aromatic nitrogens is 3. The van der Waals surface area contributed by atoms with Crippen LogP contribution in [-0.4, -0.2) is 62.7 Å². The molecule has 6 heteroatoms. The van der Waals surface area contributed by atoms with Crippen molar-refractivity contribution in [1.82, 2.24) is 24.6 Å². The number of piperidine rings is 1. The molecular weight excluding hydrogens is 314 g/mol. The molecule has 1 aromatic heterocycles. The molecule has 1 saturated carbocycles. The van der Waals surface area contributed by atoms with Crippen LogP contribution >= 0.6 is 0 Å². The third-order valence-corrected chi connectivity index (χ3v) is 6.41. The quantitative estimate of drug-likeness (QED) is 0.824. The Labute approximate surface area is 150 Å². The summed E-state index contributed by atoms with van der Waals surface area (Å²) >= 11 is 0. The molecule has 0 spiro atoms. The van der Waals surface area contributed by atoms with Gasteiger partial charge in [0.05, 0.1) is 0 Å². The Morgan fingerprint density at radius 1 is 0.960 bits per heavy atom. The number of likely N-dealkylation sites (tertiary alicyclic amines) is 1. The van der Waals surface area contributed by atoms with Gasteiger partial charge in [-0.1, -0.05) is 19.3 Å². The topological polar surface area (TPSA) is 54.3 Å². The van der Waals surface area contributed by atoms with Crippen molar-refractivity contribution < 1.29 is 4.79 Å². The highest BCUT2D eigenvalue weighted by Crippen LogP contribution is 2.28. The summed E-state index contributed by atoms with van der Waals surface area (Å²) in [5, 5.41) is 9.08. The maximum atomic E-state index is 11.8. The van der Waals surface area contributed by atoms with Gasteiger partial charge in [-0.2, -0.15) is 0 Å². The van der Waals surface area contributed by atoms with Crippen molar-refractivity contribution >= 4 is 5.91 Å². The van der Waals surface area contributed by atoms with Gasteiger partial charge in [0.15, 0.2) is 0 Å². The third kappa shape index (κ3) is 3.59. The van der Waals surface area contributed by atoms with E-state index in [1.54, 1.807) is 6.92 Å². The van der Waals surface area contributed by atoms with Crippen LogP contribution in [0.1, 0.15) is 69.4 Å². The van der Waals surface area contributed by atoms with Crippen LogP contribution in [0.4, 0.5) is 0 Å². The van der Waals surface area contributed by atoms with E-state index in [2.05, 4.69) is 19.7 Å². The average Bonchev–Trinajstić information content (AvgIpc) is 2.94. The molecule has 1 aliphatic carbocycles. The summed E-state index contributed by atoms with van der Waals surface area (Å²) in [7, 11) is 0. The predicted octanol–water partition coefficient (Wildman–Crippen LogP) is 2.19. The first-order valence-electron chi connectivity index (χ1n) is 10.1. The van der Waals surface area contributed by atoms with E-state index in [9.17, 15) is 4.79 Å².